The maximum absolute atomic E-state index is 15.4. The molecule has 1 aliphatic rings. The summed E-state index contributed by atoms with van der Waals surface area (Å²) in [6.45, 7) is 2.28. The number of aryl methyl sites for hydroxylation is 1. The number of hydrogen-bond acceptors (Lipinski definition) is 5. The molecule has 1 aromatic heterocycles. The molecule has 0 unspecified atom stereocenters. The summed E-state index contributed by atoms with van der Waals surface area (Å²) in [6, 6.07) is 8.22. The van der Waals surface area contributed by atoms with E-state index in [1.165, 1.54) is 14.0 Å². The predicted octanol–water partition coefficient (Wildman–Crippen LogP) is 5.10. The van der Waals surface area contributed by atoms with Gasteiger partial charge in [-0.3, -0.25) is 9.59 Å². The van der Waals surface area contributed by atoms with Crippen LogP contribution in [0, 0.1) is 18.7 Å². The molecule has 38 heavy (non-hydrogen) atoms. The van der Waals surface area contributed by atoms with E-state index in [0.717, 1.165) is 23.9 Å². The monoisotopic (exact) mass is 552 g/mol. The summed E-state index contributed by atoms with van der Waals surface area (Å²) in [5.74, 6) is -1.85. The van der Waals surface area contributed by atoms with Crippen molar-refractivity contribution in [2.45, 2.75) is 32.5 Å². The van der Waals surface area contributed by atoms with Crippen molar-refractivity contribution in [3.8, 4) is 17.1 Å². The zero-order valence-electron chi connectivity index (χ0n) is 20.6. The molecule has 12 heteroatoms. The van der Waals surface area contributed by atoms with Crippen LogP contribution in [-0.2, 0) is 17.5 Å². The third kappa shape index (κ3) is 5.93. The number of H-pyrrole nitrogens is 1. The number of hydrogen-bond donors (Lipinski definition) is 2. The lowest BCUT2D eigenvalue weighted by molar-refractivity contribution is -0.137. The highest BCUT2D eigenvalue weighted by atomic mass is 35.5. The van der Waals surface area contributed by atoms with Gasteiger partial charge in [-0.05, 0) is 38.0 Å². The maximum Gasteiger partial charge on any atom is 0.417 e. The SMILES string of the molecule is COc1cc(N2CCC(C(=O)NCc3ccc(C(F)(F)F)c(-c4nc(C)cc(=O)[nH]4)c3F)CC2)ccc1Cl. The molecule has 0 saturated carbocycles. The quantitative estimate of drug-likeness (QED) is 0.416. The van der Waals surface area contributed by atoms with Crippen LogP contribution in [0.4, 0.5) is 23.2 Å². The van der Waals surface area contributed by atoms with E-state index in [1.807, 2.05) is 12.1 Å². The number of amides is 1. The standard InChI is InChI=1S/C26H25ClF4N4O3/c1-14-11-21(36)34-24(33-14)22-18(26(29,30)31)5-3-16(23(22)28)13-32-25(37)15-7-9-35(10-8-15)17-4-6-19(27)20(12-17)38-2/h3-6,11-12,15H,7-10,13H2,1-2H3,(H,32,37)(H,33,34,36). The van der Waals surface area contributed by atoms with E-state index in [2.05, 4.69) is 20.2 Å². The highest BCUT2D eigenvalue weighted by molar-refractivity contribution is 6.32. The number of ether oxygens (including phenoxy) is 1. The van der Waals surface area contributed by atoms with E-state index in [9.17, 15) is 22.8 Å². The molecule has 1 fully saturated rings. The molecule has 202 valence electrons. The van der Waals surface area contributed by atoms with Gasteiger partial charge in [-0.15, -0.1) is 0 Å². The van der Waals surface area contributed by atoms with Gasteiger partial charge in [-0.1, -0.05) is 17.7 Å². The van der Waals surface area contributed by atoms with Gasteiger partial charge >= 0.3 is 6.18 Å². The average Bonchev–Trinajstić information content (AvgIpc) is 2.86. The topological polar surface area (TPSA) is 87.3 Å². The fourth-order valence-electron chi connectivity index (χ4n) is 4.49. The summed E-state index contributed by atoms with van der Waals surface area (Å²) in [5, 5.41) is 3.14. The Hall–Kier alpha value is -3.60. The number of halogens is 5. The maximum atomic E-state index is 15.4. The number of benzene rings is 2. The Kier molecular flexibility index (Phi) is 7.96. The molecule has 1 saturated heterocycles. The predicted molar refractivity (Wildman–Crippen MR) is 135 cm³/mol. The van der Waals surface area contributed by atoms with Crippen molar-refractivity contribution in [3.05, 3.63) is 74.4 Å². The Morgan fingerprint density at radius 2 is 1.92 bits per heavy atom. The Morgan fingerprint density at radius 3 is 2.55 bits per heavy atom. The van der Waals surface area contributed by atoms with Gasteiger partial charge in [0.1, 0.15) is 17.4 Å². The Balaban J connectivity index is 1.47. The van der Waals surface area contributed by atoms with Crippen LogP contribution in [0.5, 0.6) is 5.75 Å². The Morgan fingerprint density at radius 1 is 1.21 bits per heavy atom. The summed E-state index contributed by atoms with van der Waals surface area (Å²) in [6.07, 6.45) is -3.82. The van der Waals surface area contributed by atoms with Gasteiger partial charge < -0.3 is 19.9 Å². The third-order valence-corrected chi connectivity index (χ3v) is 6.76. The number of carbonyl (C=O) groups is 1. The molecule has 0 spiro atoms. The second kappa shape index (κ2) is 11.0. The fraction of sp³-hybridized carbons (Fsp3) is 0.346. The first-order valence-electron chi connectivity index (χ1n) is 11.8. The van der Waals surface area contributed by atoms with Gasteiger partial charge in [0.2, 0.25) is 5.91 Å². The zero-order chi connectivity index (χ0) is 27.6. The van der Waals surface area contributed by atoms with Crippen molar-refractivity contribution < 1.29 is 27.1 Å². The van der Waals surface area contributed by atoms with Crippen molar-refractivity contribution in [1.82, 2.24) is 15.3 Å². The molecule has 2 heterocycles. The number of alkyl halides is 3. The molecule has 7 nitrogen and oxygen atoms in total. The number of piperidine rings is 1. The van der Waals surface area contributed by atoms with Crippen molar-refractivity contribution in [3.63, 3.8) is 0 Å². The van der Waals surface area contributed by atoms with Gasteiger partial charge in [-0.2, -0.15) is 13.2 Å². The van der Waals surface area contributed by atoms with E-state index in [4.69, 9.17) is 16.3 Å². The third-order valence-electron chi connectivity index (χ3n) is 6.45. The van der Waals surface area contributed by atoms with Crippen molar-refractivity contribution in [2.24, 2.45) is 5.92 Å². The molecular formula is C26H25ClF4N4O3. The average molecular weight is 553 g/mol. The van der Waals surface area contributed by atoms with Crippen LogP contribution in [0.3, 0.4) is 0 Å². The summed E-state index contributed by atoms with van der Waals surface area (Å²) < 4.78 is 61.6. The van der Waals surface area contributed by atoms with Crippen molar-refractivity contribution in [1.29, 1.82) is 0 Å². The number of rotatable bonds is 6. The number of nitrogens with zero attached hydrogens (tertiary/aromatic N) is 2. The van der Waals surface area contributed by atoms with Gasteiger partial charge in [0.15, 0.2) is 0 Å². The van der Waals surface area contributed by atoms with Crippen LogP contribution in [0.2, 0.25) is 5.02 Å². The van der Waals surface area contributed by atoms with E-state index in [0.29, 0.717) is 36.7 Å². The molecule has 2 aromatic carbocycles. The Bertz CT molecular complexity index is 1400. The number of aromatic amines is 1. The molecule has 0 bridgehead atoms. The van der Waals surface area contributed by atoms with Crippen molar-refractivity contribution >= 4 is 23.2 Å². The normalized spacial score (nSPS) is 14.4. The van der Waals surface area contributed by atoms with Gasteiger partial charge in [0, 0.05) is 54.6 Å². The number of aromatic nitrogens is 2. The number of methoxy groups -OCH3 is 1. The van der Waals surface area contributed by atoms with Crippen LogP contribution in [0.1, 0.15) is 29.7 Å². The van der Waals surface area contributed by atoms with E-state index >= 15 is 4.39 Å². The molecule has 0 atom stereocenters. The van der Waals surface area contributed by atoms with Gasteiger partial charge in [-0.25, -0.2) is 9.37 Å². The van der Waals surface area contributed by atoms with Gasteiger partial charge in [0.05, 0.1) is 23.3 Å². The fourth-order valence-corrected chi connectivity index (χ4v) is 4.69. The lowest BCUT2D eigenvalue weighted by atomic mass is 9.95. The number of anilines is 1. The molecular weight excluding hydrogens is 528 g/mol. The lowest BCUT2D eigenvalue weighted by Gasteiger charge is -2.33. The van der Waals surface area contributed by atoms with Crippen LogP contribution < -0.4 is 20.5 Å². The summed E-state index contributed by atoms with van der Waals surface area (Å²) in [7, 11) is 1.53. The first kappa shape index (κ1) is 27.4. The summed E-state index contributed by atoms with van der Waals surface area (Å²) in [5.41, 5.74) is -1.95. The van der Waals surface area contributed by atoms with Crippen LogP contribution >= 0.6 is 11.6 Å². The zero-order valence-corrected chi connectivity index (χ0v) is 21.3. The minimum Gasteiger partial charge on any atom is -0.495 e. The number of carbonyl (C=O) groups excluding carboxylic acids is 1. The minimum absolute atomic E-state index is 0.137. The summed E-state index contributed by atoms with van der Waals surface area (Å²) in [4.78, 5) is 32.8. The molecule has 4 rings (SSSR count). The van der Waals surface area contributed by atoms with Crippen LogP contribution in [0.25, 0.3) is 11.4 Å². The van der Waals surface area contributed by atoms with E-state index in [-0.39, 0.29) is 29.6 Å². The molecule has 2 N–H and O–H groups in total. The first-order chi connectivity index (χ1) is 18.0. The molecule has 1 amide bonds. The molecule has 0 radical (unpaired) electrons. The van der Waals surface area contributed by atoms with E-state index < -0.39 is 34.5 Å². The number of nitrogens with one attached hydrogen (secondary N) is 2. The Labute approximate surface area is 220 Å². The minimum atomic E-state index is -4.89. The summed E-state index contributed by atoms with van der Waals surface area (Å²) >= 11 is 6.09. The van der Waals surface area contributed by atoms with Crippen LogP contribution in [-0.4, -0.2) is 36.1 Å². The van der Waals surface area contributed by atoms with Crippen molar-refractivity contribution in [2.75, 3.05) is 25.1 Å². The van der Waals surface area contributed by atoms with Crippen LogP contribution in [0.15, 0.2) is 41.2 Å². The second-order valence-corrected chi connectivity index (χ2v) is 9.40. The molecule has 3 aromatic rings. The lowest BCUT2D eigenvalue weighted by Crippen LogP contribution is -2.40. The van der Waals surface area contributed by atoms with Gasteiger partial charge in [0.25, 0.3) is 5.56 Å². The largest absolute Gasteiger partial charge is 0.495 e. The first-order valence-corrected chi connectivity index (χ1v) is 12.2. The smallest absolute Gasteiger partial charge is 0.417 e. The molecule has 0 aliphatic carbocycles. The second-order valence-electron chi connectivity index (χ2n) is 8.99. The highest BCUT2D eigenvalue weighted by Crippen LogP contribution is 2.38. The van der Waals surface area contributed by atoms with E-state index in [1.54, 1.807) is 6.07 Å². The molecule has 1 aliphatic heterocycles. The highest BCUT2D eigenvalue weighted by Gasteiger charge is 2.37.